The molecule has 8 nitrogen and oxygen atoms in total. The zero-order chi connectivity index (χ0) is 17.0. The number of hydrogen-bond donors (Lipinski definition) is 1. The van der Waals surface area contributed by atoms with E-state index in [0.29, 0.717) is 5.56 Å². The number of nitrogens with zero attached hydrogens (tertiary/aromatic N) is 1. The fourth-order valence-corrected chi connectivity index (χ4v) is 3.13. The molecular weight excluding hydrogens is 324 g/mol. The molecule has 0 spiro atoms. The normalized spacial score (nSPS) is 16.7. The third kappa shape index (κ3) is 4.28. The van der Waals surface area contributed by atoms with Crippen molar-refractivity contribution in [1.82, 2.24) is 4.72 Å². The molecule has 23 heavy (non-hydrogen) atoms. The minimum absolute atomic E-state index is 0.0716. The van der Waals surface area contributed by atoms with E-state index >= 15 is 0 Å². The Morgan fingerprint density at radius 1 is 1.22 bits per heavy atom. The molecule has 0 unspecified atom stereocenters. The molecule has 0 bridgehead atoms. The molecule has 1 heterocycles. The van der Waals surface area contributed by atoms with Crippen LogP contribution < -0.4 is 4.72 Å². The highest BCUT2D eigenvalue weighted by Crippen LogP contribution is 2.21. The first-order valence-corrected chi connectivity index (χ1v) is 8.29. The van der Waals surface area contributed by atoms with Gasteiger partial charge < -0.3 is 9.47 Å². The van der Waals surface area contributed by atoms with E-state index in [-0.39, 0.29) is 16.8 Å². The predicted molar refractivity (Wildman–Crippen MR) is 80.4 cm³/mol. The van der Waals surface area contributed by atoms with Gasteiger partial charge in [-0.05, 0) is 26.0 Å². The third-order valence-corrected chi connectivity index (χ3v) is 4.14. The van der Waals surface area contributed by atoms with Gasteiger partial charge >= 0.3 is 11.9 Å². The average Bonchev–Trinajstić information content (AvgIpc) is 2.74. The van der Waals surface area contributed by atoms with Crippen molar-refractivity contribution in [2.45, 2.75) is 24.8 Å². The van der Waals surface area contributed by atoms with Crippen molar-refractivity contribution >= 4 is 27.8 Å². The number of fused-ring (bicyclic) bond motifs is 1. The Hall–Kier alpha value is -2.42. The summed E-state index contributed by atoms with van der Waals surface area (Å²) in [4.78, 5) is 26.8. The molecule has 0 atom stereocenters. The lowest BCUT2D eigenvalue weighted by atomic mass is 10.2. The van der Waals surface area contributed by atoms with Gasteiger partial charge in [-0.25, -0.2) is 13.2 Å². The average molecular weight is 340 g/mol. The monoisotopic (exact) mass is 340 g/mol. The number of benzene rings is 1. The van der Waals surface area contributed by atoms with Crippen molar-refractivity contribution in [2.24, 2.45) is 4.99 Å². The zero-order valence-electron chi connectivity index (χ0n) is 12.6. The number of sulfonamides is 1. The van der Waals surface area contributed by atoms with E-state index in [4.69, 9.17) is 9.47 Å². The van der Waals surface area contributed by atoms with Crippen molar-refractivity contribution in [3.05, 3.63) is 29.8 Å². The molecule has 0 saturated carbocycles. The van der Waals surface area contributed by atoms with Crippen LogP contribution in [0.4, 0.5) is 0 Å². The predicted octanol–water partition coefficient (Wildman–Crippen LogP) is 0.220. The number of carbonyl (C=O) groups is 2. The molecule has 0 aliphatic carbocycles. The van der Waals surface area contributed by atoms with E-state index < -0.39 is 35.1 Å². The fraction of sp³-hybridized carbons (Fsp3) is 0.357. The van der Waals surface area contributed by atoms with E-state index in [1.807, 2.05) is 0 Å². The number of ether oxygens (including phenoxy) is 2. The third-order valence-electron chi connectivity index (χ3n) is 2.75. The number of nitrogens with one attached hydrogen (secondary N) is 1. The Kier molecular flexibility index (Phi) is 4.99. The van der Waals surface area contributed by atoms with Gasteiger partial charge in [0.2, 0.25) is 0 Å². The lowest BCUT2D eigenvalue weighted by Gasteiger charge is -2.07. The number of rotatable bonds is 5. The van der Waals surface area contributed by atoms with Gasteiger partial charge in [0, 0.05) is 5.56 Å². The summed E-state index contributed by atoms with van der Waals surface area (Å²) in [6, 6.07) is 6.28. The molecular formula is C14H16N2O6S. The van der Waals surface area contributed by atoms with Crippen molar-refractivity contribution < 1.29 is 27.5 Å². The second-order valence-corrected chi connectivity index (χ2v) is 6.62. The fourth-order valence-electron chi connectivity index (χ4n) is 1.88. The number of hydrogen-bond acceptors (Lipinski definition) is 7. The molecule has 1 N–H and O–H groups in total. The van der Waals surface area contributed by atoms with E-state index in [2.05, 4.69) is 9.71 Å². The van der Waals surface area contributed by atoms with Crippen LogP contribution in [-0.2, 0) is 29.1 Å². The van der Waals surface area contributed by atoms with Crippen LogP contribution in [0.3, 0.4) is 0 Å². The number of aliphatic imine (C=N–C) groups is 1. The first kappa shape index (κ1) is 16.9. The molecule has 0 aromatic heterocycles. The summed E-state index contributed by atoms with van der Waals surface area (Å²) in [5, 5.41) is 0. The summed E-state index contributed by atoms with van der Waals surface area (Å²) in [6.45, 7) is 2.43. The van der Waals surface area contributed by atoms with Crippen LogP contribution in [0.25, 0.3) is 0 Å². The van der Waals surface area contributed by atoms with Crippen LogP contribution in [0.2, 0.25) is 0 Å². The number of carbonyl (C=O) groups excluding carboxylic acids is 2. The Bertz CT molecular complexity index is 754. The molecule has 1 aromatic rings. The first-order valence-electron chi connectivity index (χ1n) is 6.81. The molecule has 2 rings (SSSR count). The SMILES string of the molecule is CC(C)OC(=O)COC(=O)CN=C1NS(=O)(=O)c2ccccc21. The number of amidine groups is 1. The van der Waals surface area contributed by atoms with Gasteiger partial charge in [-0.1, -0.05) is 12.1 Å². The van der Waals surface area contributed by atoms with E-state index in [1.165, 1.54) is 6.07 Å². The molecule has 0 saturated heterocycles. The van der Waals surface area contributed by atoms with Gasteiger partial charge in [0.1, 0.15) is 12.4 Å². The van der Waals surface area contributed by atoms with E-state index in [0.717, 1.165) is 0 Å². The summed E-state index contributed by atoms with van der Waals surface area (Å²) in [5.41, 5.74) is 0.388. The van der Waals surface area contributed by atoms with E-state index in [9.17, 15) is 18.0 Å². The second-order valence-electron chi connectivity index (χ2n) is 4.97. The summed E-state index contributed by atoms with van der Waals surface area (Å²) < 4.78 is 35.5. The smallest absolute Gasteiger partial charge is 0.344 e. The topological polar surface area (TPSA) is 111 Å². The summed E-state index contributed by atoms with van der Waals surface area (Å²) in [6.07, 6.45) is -0.300. The molecule has 1 aliphatic rings. The van der Waals surface area contributed by atoms with Gasteiger partial charge in [0.25, 0.3) is 10.0 Å². The Labute approximate surface area is 133 Å². The largest absolute Gasteiger partial charge is 0.460 e. The number of esters is 2. The maximum absolute atomic E-state index is 11.9. The molecule has 1 aliphatic heterocycles. The van der Waals surface area contributed by atoms with E-state index in [1.54, 1.807) is 32.0 Å². The lowest BCUT2D eigenvalue weighted by Crippen LogP contribution is -2.24. The summed E-state index contributed by atoms with van der Waals surface area (Å²) in [7, 11) is -3.65. The van der Waals surface area contributed by atoms with Gasteiger partial charge in [0.05, 0.1) is 11.0 Å². The molecule has 0 amide bonds. The van der Waals surface area contributed by atoms with Crippen LogP contribution in [0.15, 0.2) is 34.2 Å². The van der Waals surface area contributed by atoms with Crippen LogP contribution in [0.1, 0.15) is 19.4 Å². The maximum Gasteiger partial charge on any atom is 0.344 e. The minimum Gasteiger partial charge on any atom is -0.460 e. The van der Waals surface area contributed by atoms with Crippen molar-refractivity contribution in [1.29, 1.82) is 0 Å². The summed E-state index contributed by atoms with van der Waals surface area (Å²) >= 11 is 0. The highest BCUT2D eigenvalue weighted by atomic mass is 32.2. The second kappa shape index (κ2) is 6.78. The molecule has 0 radical (unpaired) electrons. The standard InChI is InChI=1S/C14H16N2O6S/c1-9(2)22-13(18)8-21-12(17)7-15-14-10-5-3-4-6-11(10)23(19,20)16-14/h3-6,9H,7-8H2,1-2H3,(H,15,16). The Morgan fingerprint density at radius 3 is 2.61 bits per heavy atom. The quantitative estimate of drug-likeness (QED) is 0.768. The van der Waals surface area contributed by atoms with Crippen LogP contribution in [-0.4, -0.2) is 45.4 Å². The van der Waals surface area contributed by atoms with Crippen molar-refractivity contribution in [3.63, 3.8) is 0 Å². The first-order chi connectivity index (χ1) is 10.8. The molecule has 0 fully saturated rings. The Balaban J connectivity index is 1.97. The van der Waals surface area contributed by atoms with Crippen LogP contribution >= 0.6 is 0 Å². The van der Waals surface area contributed by atoms with Crippen molar-refractivity contribution in [2.75, 3.05) is 13.2 Å². The van der Waals surface area contributed by atoms with Gasteiger partial charge in [-0.2, -0.15) is 0 Å². The Morgan fingerprint density at radius 2 is 1.91 bits per heavy atom. The molecule has 9 heteroatoms. The molecule has 124 valence electrons. The van der Waals surface area contributed by atoms with Crippen LogP contribution in [0, 0.1) is 0 Å². The van der Waals surface area contributed by atoms with Gasteiger partial charge in [0.15, 0.2) is 6.61 Å². The summed E-state index contributed by atoms with van der Waals surface area (Å²) in [5.74, 6) is -1.35. The van der Waals surface area contributed by atoms with Crippen LogP contribution in [0.5, 0.6) is 0 Å². The highest BCUT2D eigenvalue weighted by Gasteiger charge is 2.30. The maximum atomic E-state index is 11.9. The van der Waals surface area contributed by atoms with Gasteiger partial charge in [-0.3, -0.25) is 14.5 Å². The highest BCUT2D eigenvalue weighted by molar-refractivity contribution is 7.90. The molecule has 1 aromatic carbocycles. The minimum atomic E-state index is -3.65. The van der Waals surface area contributed by atoms with Gasteiger partial charge in [-0.15, -0.1) is 0 Å². The zero-order valence-corrected chi connectivity index (χ0v) is 13.4. The van der Waals surface area contributed by atoms with Crippen molar-refractivity contribution in [3.8, 4) is 0 Å². The lowest BCUT2D eigenvalue weighted by molar-refractivity contribution is -0.160.